The van der Waals surface area contributed by atoms with Crippen molar-refractivity contribution in [3.05, 3.63) is 35.9 Å². The molecule has 1 aromatic rings. The van der Waals surface area contributed by atoms with Gasteiger partial charge in [-0.1, -0.05) is 18.2 Å². The van der Waals surface area contributed by atoms with Crippen molar-refractivity contribution < 1.29 is 32.6 Å². The van der Waals surface area contributed by atoms with Gasteiger partial charge in [-0.25, -0.2) is 0 Å². The summed E-state index contributed by atoms with van der Waals surface area (Å²) in [6.45, 7) is -3.13. The van der Waals surface area contributed by atoms with Crippen LogP contribution in [-0.2, 0) is 20.9 Å². The van der Waals surface area contributed by atoms with Gasteiger partial charge in [-0.2, -0.15) is 8.78 Å². The van der Waals surface area contributed by atoms with Crippen molar-refractivity contribution >= 4 is 17.7 Å². The number of carbonyl (C=O) groups excluding carboxylic acids is 3. The Morgan fingerprint density at radius 1 is 1.17 bits per heavy atom. The van der Waals surface area contributed by atoms with Crippen LogP contribution in [0, 0.1) is 23.7 Å². The predicted octanol–water partition coefficient (Wildman–Crippen LogP) is 2.06. The van der Waals surface area contributed by atoms with E-state index < -0.39 is 6.61 Å². The summed E-state index contributed by atoms with van der Waals surface area (Å²) in [7, 11) is 2.88. The molecule has 4 rings (SSSR count). The Morgan fingerprint density at radius 3 is 2.37 bits per heavy atom. The molecule has 0 radical (unpaired) electrons. The number of carbonyl (C=O) groups is 3. The van der Waals surface area contributed by atoms with Crippen molar-refractivity contribution in [2.75, 3.05) is 20.7 Å². The number of likely N-dealkylation sites (N-methyl/N-ethyl adjacent to an activating group) is 1. The first-order valence-corrected chi connectivity index (χ1v) is 9.69. The Labute approximate surface area is 172 Å². The minimum absolute atomic E-state index is 0.0933. The van der Waals surface area contributed by atoms with Crippen LogP contribution in [0.4, 0.5) is 8.78 Å². The summed E-state index contributed by atoms with van der Waals surface area (Å²) in [4.78, 5) is 40.6. The lowest BCUT2D eigenvalue weighted by molar-refractivity contribution is -0.146. The Balaban J connectivity index is 1.40. The monoisotopic (exact) mass is 420 g/mol. The quantitative estimate of drug-likeness (QED) is 0.499. The number of imide groups is 1. The van der Waals surface area contributed by atoms with Crippen LogP contribution >= 0.6 is 0 Å². The van der Waals surface area contributed by atoms with Crippen LogP contribution in [0.2, 0.25) is 0 Å². The van der Waals surface area contributed by atoms with Gasteiger partial charge in [-0.15, -0.1) is 0 Å². The number of halogens is 2. The van der Waals surface area contributed by atoms with Crippen LogP contribution < -0.4 is 9.47 Å². The van der Waals surface area contributed by atoms with Gasteiger partial charge in [0.2, 0.25) is 17.7 Å². The Hall–Kier alpha value is -2.97. The molecule has 2 bridgehead atoms. The molecule has 1 aliphatic heterocycles. The molecule has 1 saturated heterocycles. The first-order valence-electron chi connectivity index (χ1n) is 9.69. The molecule has 3 amide bonds. The van der Waals surface area contributed by atoms with Gasteiger partial charge in [0.15, 0.2) is 11.5 Å². The average Bonchev–Trinajstić information content (AvgIpc) is 3.38. The molecular weight excluding hydrogens is 398 g/mol. The van der Waals surface area contributed by atoms with Gasteiger partial charge in [0.1, 0.15) is 6.54 Å². The summed E-state index contributed by atoms with van der Waals surface area (Å²) < 4.78 is 34.4. The van der Waals surface area contributed by atoms with Gasteiger partial charge in [0.05, 0.1) is 18.9 Å². The highest BCUT2D eigenvalue weighted by atomic mass is 19.3. The highest BCUT2D eigenvalue weighted by molar-refractivity contribution is 6.08. The van der Waals surface area contributed by atoms with E-state index in [-0.39, 0.29) is 66.0 Å². The summed E-state index contributed by atoms with van der Waals surface area (Å²) in [6, 6.07) is 4.39. The normalized spacial score (nSPS) is 26.5. The number of fused-ring (bicyclic) bond motifs is 5. The number of alkyl halides is 2. The van der Waals surface area contributed by atoms with E-state index in [9.17, 15) is 23.2 Å². The minimum Gasteiger partial charge on any atom is -0.493 e. The van der Waals surface area contributed by atoms with Gasteiger partial charge in [-0.05, 0) is 36.0 Å². The fourth-order valence-electron chi connectivity index (χ4n) is 4.74. The Morgan fingerprint density at radius 2 is 1.80 bits per heavy atom. The van der Waals surface area contributed by atoms with Crippen molar-refractivity contribution in [2.24, 2.45) is 23.7 Å². The summed E-state index contributed by atoms with van der Waals surface area (Å²) in [5.74, 6) is -1.38. The number of rotatable bonds is 7. The summed E-state index contributed by atoms with van der Waals surface area (Å²) in [5, 5.41) is 0. The van der Waals surface area contributed by atoms with Crippen LogP contribution in [0.15, 0.2) is 30.4 Å². The highest BCUT2D eigenvalue weighted by Crippen LogP contribution is 2.52. The molecule has 1 saturated carbocycles. The van der Waals surface area contributed by atoms with E-state index in [1.807, 2.05) is 12.2 Å². The number of methoxy groups -OCH3 is 1. The minimum atomic E-state index is -2.98. The first kappa shape index (κ1) is 20.3. The second-order valence-electron chi connectivity index (χ2n) is 7.88. The maximum Gasteiger partial charge on any atom is 0.387 e. The second kappa shape index (κ2) is 7.70. The van der Waals surface area contributed by atoms with E-state index >= 15 is 0 Å². The van der Waals surface area contributed by atoms with Gasteiger partial charge >= 0.3 is 6.61 Å². The third-order valence-electron chi connectivity index (χ3n) is 6.14. The number of allylic oxidation sites excluding steroid dienone is 2. The summed E-state index contributed by atoms with van der Waals surface area (Å²) in [6.07, 6.45) is 4.84. The number of likely N-dealkylation sites (tertiary alicyclic amines) is 1. The lowest BCUT2D eigenvalue weighted by Crippen LogP contribution is -2.42. The summed E-state index contributed by atoms with van der Waals surface area (Å²) >= 11 is 0. The first-order chi connectivity index (χ1) is 14.3. The van der Waals surface area contributed by atoms with Crippen LogP contribution in [-0.4, -0.2) is 54.8 Å². The molecule has 9 heteroatoms. The average molecular weight is 420 g/mol. The van der Waals surface area contributed by atoms with Gasteiger partial charge in [0, 0.05) is 13.6 Å². The molecular formula is C21H22F2N2O5. The molecule has 7 nitrogen and oxygen atoms in total. The molecule has 0 unspecified atom stereocenters. The molecule has 4 atom stereocenters. The molecule has 2 aliphatic carbocycles. The SMILES string of the molecule is COc1cc(CN(C)C(=O)CN2C(=O)[C@@H]3[C@H](C2=O)[C@@H]2C=C[C@H]3C2)ccc1OC(F)F. The van der Waals surface area contributed by atoms with Crippen molar-refractivity contribution in [3.63, 3.8) is 0 Å². The van der Waals surface area contributed by atoms with E-state index in [2.05, 4.69) is 4.74 Å². The number of benzene rings is 1. The van der Waals surface area contributed by atoms with Crippen molar-refractivity contribution in [3.8, 4) is 11.5 Å². The zero-order valence-electron chi connectivity index (χ0n) is 16.6. The highest BCUT2D eigenvalue weighted by Gasteiger charge is 2.59. The molecule has 0 aromatic heterocycles. The molecule has 160 valence electrons. The van der Waals surface area contributed by atoms with Crippen LogP contribution in [0.1, 0.15) is 12.0 Å². The largest absolute Gasteiger partial charge is 0.493 e. The third kappa shape index (κ3) is 3.42. The van der Waals surface area contributed by atoms with E-state index in [4.69, 9.17) is 4.74 Å². The molecule has 0 N–H and O–H groups in total. The molecule has 30 heavy (non-hydrogen) atoms. The van der Waals surface area contributed by atoms with Crippen LogP contribution in [0.5, 0.6) is 11.5 Å². The van der Waals surface area contributed by atoms with E-state index in [0.717, 1.165) is 11.3 Å². The molecule has 1 heterocycles. The molecule has 3 aliphatic rings. The third-order valence-corrected chi connectivity index (χ3v) is 6.14. The molecule has 0 spiro atoms. The van der Waals surface area contributed by atoms with Crippen molar-refractivity contribution in [2.45, 2.75) is 19.6 Å². The van der Waals surface area contributed by atoms with Crippen molar-refractivity contribution in [1.82, 2.24) is 9.80 Å². The molecule has 1 aromatic carbocycles. The Bertz CT molecular complexity index is 889. The second-order valence-corrected chi connectivity index (χ2v) is 7.88. The summed E-state index contributed by atoms with van der Waals surface area (Å²) in [5.41, 5.74) is 0.627. The van der Waals surface area contributed by atoms with E-state index in [1.165, 1.54) is 24.1 Å². The maximum absolute atomic E-state index is 12.7. The number of hydrogen-bond acceptors (Lipinski definition) is 5. The number of nitrogens with zero attached hydrogens (tertiary/aromatic N) is 2. The standard InChI is InChI=1S/C21H22F2N2O5/c1-24(9-11-3-6-14(30-21(22)23)15(7-11)29-2)16(26)10-25-19(27)17-12-4-5-13(8-12)18(17)20(25)28/h3-7,12-13,17-18,21H,8-10H2,1-2H3/t12-,13+,17-,18+. The lowest BCUT2D eigenvalue weighted by Gasteiger charge is -2.22. The zero-order chi connectivity index (χ0) is 21.6. The van der Waals surface area contributed by atoms with E-state index in [1.54, 1.807) is 13.1 Å². The number of amides is 3. The smallest absolute Gasteiger partial charge is 0.387 e. The van der Waals surface area contributed by atoms with Gasteiger partial charge in [0.25, 0.3) is 0 Å². The molecule has 2 fully saturated rings. The Kier molecular flexibility index (Phi) is 5.21. The fraction of sp³-hybridized carbons (Fsp3) is 0.476. The zero-order valence-corrected chi connectivity index (χ0v) is 16.6. The lowest BCUT2D eigenvalue weighted by atomic mass is 9.85. The predicted molar refractivity (Wildman–Crippen MR) is 101 cm³/mol. The topological polar surface area (TPSA) is 76.2 Å². The van der Waals surface area contributed by atoms with Crippen LogP contribution in [0.25, 0.3) is 0 Å². The number of ether oxygens (including phenoxy) is 2. The van der Waals surface area contributed by atoms with Crippen LogP contribution in [0.3, 0.4) is 0 Å². The van der Waals surface area contributed by atoms with E-state index in [0.29, 0.717) is 5.56 Å². The fourth-order valence-corrected chi connectivity index (χ4v) is 4.74. The van der Waals surface area contributed by atoms with Gasteiger partial charge in [-0.3, -0.25) is 19.3 Å². The number of hydrogen-bond donors (Lipinski definition) is 0. The van der Waals surface area contributed by atoms with Gasteiger partial charge < -0.3 is 14.4 Å². The van der Waals surface area contributed by atoms with Crippen molar-refractivity contribution in [1.29, 1.82) is 0 Å². The maximum atomic E-state index is 12.7.